The molecule has 7 nitrogen and oxygen atoms in total. The van der Waals surface area contributed by atoms with Crippen LogP contribution in [0.4, 0.5) is 0 Å². The predicted molar refractivity (Wildman–Crippen MR) is 90.7 cm³/mol. The van der Waals surface area contributed by atoms with Crippen molar-refractivity contribution in [2.75, 3.05) is 13.3 Å². The van der Waals surface area contributed by atoms with Crippen LogP contribution in [-0.4, -0.2) is 57.6 Å². The highest BCUT2D eigenvalue weighted by molar-refractivity contribution is 6.30. The lowest BCUT2D eigenvalue weighted by molar-refractivity contribution is -0.136. The molecule has 0 aliphatic carbocycles. The van der Waals surface area contributed by atoms with Crippen molar-refractivity contribution < 1.29 is 29.6 Å². The Hall–Kier alpha value is -2.09. The Morgan fingerprint density at radius 2 is 1.96 bits per heavy atom. The molecule has 0 spiro atoms. The van der Waals surface area contributed by atoms with Gasteiger partial charge in [-0.25, -0.2) is 9.59 Å². The monoisotopic (exact) mass is 369 g/mol. The van der Waals surface area contributed by atoms with Gasteiger partial charge in [0.2, 0.25) is 0 Å². The largest absolute Gasteiger partial charge is 0.478 e. The summed E-state index contributed by atoms with van der Waals surface area (Å²) in [6.07, 6.45) is 1.38. The van der Waals surface area contributed by atoms with E-state index in [9.17, 15) is 19.8 Å². The number of carboxylic acid groups (broad SMARTS) is 2. The van der Waals surface area contributed by atoms with Crippen LogP contribution < -0.4 is 4.74 Å². The zero-order chi connectivity index (χ0) is 18.4. The number of ether oxygens (including phenoxy) is 1. The second-order valence-corrected chi connectivity index (χ2v) is 6.23. The van der Waals surface area contributed by atoms with Crippen LogP contribution in [0.1, 0.15) is 19.3 Å². The maximum absolute atomic E-state index is 11.3. The smallest absolute Gasteiger partial charge is 0.334 e. The summed E-state index contributed by atoms with van der Waals surface area (Å²) in [6, 6.07) is 6.28. The summed E-state index contributed by atoms with van der Waals surface area (Å²) in [4.78, 5) is 23.9. The Kier molecular flexibility index (Phi) is 6.81. The Morgan fingerprint density at radius 3 is 2.56 bits per heavy atom. The molecule has 0 saturated carbocycles. The summed E-state index contributed by atoms with van der Waals surface area (Å²) in [5, 5.41) is 29.0. The quantitative estimate of drug-likeness (QED) is 0.631. The number of carboxylic acids is 2. The van der Waals surface area contributed by atoms with E-state index in [0.29, 0.717) is 29.8 Å². The first-order chi connectivity index (χ1) is 11.9. The number of aliphatic hydroxyl groups is 1. The number of hydrogen-bond acceptors (Lipinski definition) is 5. The molecule has 0 radical (unpaired) electrons. The normalized spacial score (nSPS) is 20.1. The number of benzene rings is 1. The topological polar surface area (TPSA) is 107 Å². The van der Waals surface area contributed by atoms with Crippen LogP contribution in [0.5, 0.6) is 5.75 Å². The molecular formula is C17H20ClNO6. The summed E-state index contributed by atoms with van der Waals surface area (Å²) in [5.74, 6) is -2.25. The number of carbonyl (C=O) groups is 2. The number of piperidine rings is 1. The van der Waals surface area contributed by atoms with E-state index < -0.39 is 29.7 Å². The van der Waals surface area contributed by atoms with Gasteiger partial charge < -0.3 is 20.1 Å². The van der Waals surface area contributed by atoms with Crippen molar-refractivity contribution in [1.82, 2.24) is 4.90 Å². The van der Waals surface area contributed by atoms with E-state index in [1.54, 1.807) is 24.3 Å². The Labute approximate surface area is 150 Å². The lowest BCUT2D eigenvalue weighted by Crippen LogP contribution is -2.49. The lowest BCUT2D eigenvalue weighted by atomic mass is 9.93. The third kappa shape index (κ3) is 5.45. The van der Waals surface area contributed by atoms with Gasteiger partial charge in [-0.05, 0) is 37.1 Å². The van der Waals surface area contributed by atoms with Crippen LogP contribution in [0.25, 0.3) is 0 Å². The van der Waals surface area contributed by atoms with Crippen LogP contribution in [0.2, 0.25) is 5.02 Å². The third-order valence-electron chi connectivity index (χ3n) is 4.08. The average molecular weight is 370 g/mol. The van der Waals surface area contributed by atoms with Crippen LogP contribution in [-0.2, 0) is 9.59 Å². The van der Waals surface area contributed by atoms with Crippen molar-refractivity contribution in [3.8, 4) is 5.75 Å². The minimum absolute atomic E-state index is 0.156. The van der Waals surface area contributed by atoms with Gasteiger partial charge in [-0.1, -0.05) is 18.0 Å². The zero-order valence-electron chi connectivity index (χ0n) is 13.5. The number of aliphatic hydroxyl groups excluding tert-OH is 1. The molecule has 1 aliphatic rings. The maximum Gasteiger partial charge on any atom is 0.334 e. The molecule has 3 N–H and O–H groups in total. The molecule has 0 amide bonds. The molecule has 1 aromatic rings. The van der Waals surface area contributed by atoms with E-state index in [-0.39, 0.29) is 6.73 Å². The fraction of sp³-hybridized carbons (Fsp3) is 0.412. The molecule has 1 aromatic carbocycles. The molecule has 136 valence electrons. The molecule has 2 rings (SSSR count). The number of likely N-dealkylation sites (tertiary alicyclic amines) is 1. The summed E-state index contributed by atoms with van der Waals surface area (Å²) in [7, 11) is 0. The van der Waals surface area contributed by atoms with Crippen molar-refractivity contribution in [2.24, 2.45) is 0 Å². The Balaban J connectivity index is 2.09. The summed E-state index contributed by atoms with van der Waals surface area (Å²) >= 11 is 5.82. The molecule has 8 heteroatoms. The second kappa shape index (κ2) is 8.84. The van der Waals surface area contributed by atoms with Crippen molar-refractivity contribution in [1.29, 1.82) is 0 Å². The molecule has 0 aromatic heterocycles. The lowest BCUT2D eigenvalue weighted by Gasteiger charge is -2.38. The molecule has 25 heavy (non-hydrogen) atoms. The fourth-order valence-electron chi connectivity index (χ4n) is 2.84. The Bertz CT molecular complexity index is 645. The van der Waals surface area contributed by atoms with Gasteiger partial charge in [0.25, 0.3) is 0 Å². The average Bonchev–Trinajstić information content (AvgIpc) is 2.58. The summed E-state index contributed by atoms with van der Waals surface area (Å²) in [5.41, 5.74) is -0.532. The predicted octanol–water partition coefficient (Wildman–Crippen LogP) is 1.99. The van der Waals surface area contributed by atoms with Crippen molar-refractivity contribution in [3.63, 3.8) is 0 Å². The van der Waals surface area contributed by atoms with E-state index in [1.807, 2.05) is 4.90 Å². The van der Waals surface area contributed by atoms with E-state index in [0.717, 1.165) is 12.8 Å². The highest BCUT2D eigenvalue weighted by Gasteiger charge is 2.34. The standard InChI is InChI=1S/C17H20ClNO6/c18-11-4-6-12(7-5-11)25-10-19-8-2-1-3-14(19)16(22)13(17(23)24)9-15(20)21/h4-7,9,14,16,22H,1-3,8,10H2,(H,20,21)(H,23,24)/b13-9+. The van der Waals surface area contributed by atoms with Gasteiger partial charge in [0, 0.05) is 23.7 Å². The molecule has 0 bridgehead atoms. The Morgan fingerprint density at radius 1 is 1.28 bits per heavy atom. The van der Waals surface area contributed by atoms with Crippen molar-refractivity contribution >= 4 is 23.5 Å². The van der Waals surface area contributed by atoms with Gasteiger partial charge in [0.15, 0.2) is 0 Å². The van der Waals surface area contributed by atoms with Gasteiger partial charge >= 0.3 is 11.9 Å². The minimum atomic E-state index is -1.45. The van der Waals surface area contributed by atoms with E-state index >= 15 is 0 Å². The summed E-state index contributed by atoms with van der Waals surface area (Å²) in [6.45, 7) is 0.776. The summed E-state index contributed by atoms with van der Waals surface area (Å²) < 4.78 is 5.68. The first kappa shape index (κ1) is 19.2. The van der Waals surface area contributed by atoms with Gasteiger partial charge in [-0.15, -0.1) is 0 Å². The molecule has 1 aliphatic heterocycles. The molecule has 2 atom stereocenters. The van der Waals surface area contributed by atoms with Gasteiger partial charge in [0.05, 0.1) is 5.57 Å². The maximum atomic E-state index is 11.3. The fourth-order valence-corrected chi connectivity index (χ4v) is 2.96. The van der Waals surface area contributed by atoms with Crippen molar-refractivity contribution in [2.45, 2.75) is 31.4 Å². The molecule has 1 heterocycles. The molecule has 1 saturated heterocycles. The second-order valence-electron chi connectivity index (χ2n) is 5.79. The highest BCUT2D eigenvalue weighted by atomic mass is 35.5. The number of aliphatic carboxylic acids is 2. The van der Waals surface area contributed by atoms with Crippen LogP contribution in [0.15, 0.2) is 35.9 Å². The van der Waals surface area contributed by atoms with Crippen LogP contribution in [0, 0.1) is 0 Å². The number of halogens is 1. The number of hydrogen-bond donors (Lipinski definition) is 3. The third-order valence-corrected chi connectivity index (χ3v) is 4.34. The molecular weight excluding hydrogens is 350 g/mol. The van der Waals surface area contributed by atoms with Crippen LogP contribution in [0.3, 0.4) is 0 Å². The molecule has 2 unspecified atom stereocenters. The first-order valence-corrected chi connectivity index (χ1v) is 8.24. The first-order valence-electron chi connectivity index (χ1n) is 7.87. The minimum Gasteiger partial charge on any atom is -0.478 e. The zero-order valence-corrected chi connectivity index (χ0v) is 14.2. The van der Waals surface area contributed by atoms with E-state index in [4.69, 9.17) is 21.4 Å². The van der Waals surface area contributed by atoms with Gasteiger partial charge in [0.1, 0.15) is 18.6 Å². The SMILES string of the molecule is O=C(O)/C=C(/C(=O)O)C(O)C1CCCCN1COc1ccc(Cl)cc1. The van der Waals surface area contributed by atoms with E-state index in [1.165, 1.54) is 0 Å². The highest BCUT2D eigenvalue weighted by Crippen LogP contribution is 2.24. The number of rotatable bonds is 7. The van der Waals surface area contributed by atoms with Crippen LogP contribution >= 0.6 is 11.6 Å². The van der Waals surface area contributed by atoms with Gasteiger partial charge in [-0.3, -0.25) is 4.90 Å². The molecule has 1 fully saturated rings. The van der Waals surface area contributed by atoms with Crippen molar-refractivity contribution in [3.05, 3.63) is 40.9 Å². The van der Waals surface area contributed by atoms with E-state index in [2.05, 4.69) is 0 Å². The van der Waals surface area contributed by atoms with Gasteiger partial charge in [-0.2, -0.15) is 0 Å². The number of nitrogens with zero attached hydrogens (tertiary/aromatic N) is 1.